The summed E-state index contributed by atoms with van der Waals surface area (Å²) in [6.45, 7) is 0.349. The Kier molecular flexibility index (Phi) is 6.82. The number of phenols is 1. The van der Waals surface area contributed by atoms with Crippen molar-refractivity contribution < 1.29 is 19.8 Å². The van der Waals surface area contributed by atoms with Gasteiger partial charge in [-0.3, -0.25) is 4.79 Å². The number of H-pyrrole nitrogens is 1. The number of aromatic nitrogens is 2. The Morgan fingerprint density at radius 1 is 1.48 bits per heavy atom. The number of nitrogens with zero attached hydrogens (tertiary/aromatic N) is 2. The molecule has 1 aromatic carbocycles. The van der Waals surface area contributed by atoms with Gasteiger partial charge in [0.15, 0.2) is 5.75 Å². The molecular weight excluding hydrogens is 460 g/mol. The highest BCUT2D eigenvalue weighted by Gasteiger charge is 2.20. The van der Waals surface area contributed by atoms with Gasteiger partial charge in [0.1, 0.15) is 15.9 Å². The fraction of sp³-hybridized carbons (Fsp3) is 0.267. The van der Waals surface area contributed by atoms with Crippen LogP contribution < -0.4 is 10.1 Å². The second kappa shape index (κ2) is 8.86. The number of imidazole rings is 1. The van der Waals surface area contributed by atoms with Gasteiger partial charge in [-0.1, -0.05) is 5.16 Å². The van der Waals surface area contributed by atoms with Crippen molar-refractivity contribution in [1.82, 2.24) is 15.3 Å². The molecule has 2 rings (SSSR count). The summed E-state index contributed by atoms with van der Waals surface area (Å²) in [6, 6.07) is 1.60. The fourth-order valence-electron chi connectivity index (χ4n) is 2.14. The average Bonchev–Trinajstić information content (AvgIpc) is 3.10. The predicted molar refractivity (Wildman–Crippen MR) is 98.3 cm³/mol. The van der Waals surface area contributed by atoms with Crippen LogP contribution in [0.2, 0.25) is 0 Å². The Morgan fingerprint density at radius 3 is 2.84 bits per heavy atom. The molecule has 0 radical (unpaired) electrons. The largest absolute Gasteiger partial charge is 0.506 e. The van der Waals surface area contributed by atoms with Gasteiger partial charge in [-0.05, 0) is 37.9 Å². The predicted octanol–water partition coefficient (Wildman–Crippen LogP) is 2.38. The van der Waals surface area contributed by atoms with Crippen molar-refractivity contribution >= 4 is 43.5 Å². The third-order valence-corrected chi connectivity index (χ3v) is 4.73. The first-order valence-electron chi connectivity index (χ1n) is 7.18. The lowest BCUT2D eigenvalue weighted by Crippen LogP contribution is -2.33. The summed E-state index contributed by atoms with van der Waals surface area (Å²) in [7, 11) is 1.47. The van der Waals surface area contributed by atoms with E-state index in [2.05, 4.69) is 52.3 Å². The van der Waals surface area contributed by atoms with Crippen LogP contribution in [0.25, 0.3) is 0 Å². The maximum absolute atomic E-state index is 12.2. The van der Waals surface area contributed by atoms with E-state index >= 15 is 0 Å². The summed E-state index contributed by atoms with van der Waals surface area (Å²) in [6.07, 6.45) is 3.73. The van der Waals surface area contributed by atoms with Crippen LogP contribution in [-0.2, 0) is 17.6 Å². The second-order valence-corrected chi connectivity index (χ2v) is 6.67. The maximum Gasteiger partial charge on any atom is 0.269 e. The number of oxime groups is 1. The number of aromatic hydroxyl groups is 1. The monoisotopic (exact) mass is 474 g/mol. The van der Waals surface area contributed by atoms with Gasteiger partial charge in [0.2, 0.25) is 0 Å². The van der Waals surface area contributed by atoms with Crippen molar-refractivity contribution in [3.8, 4) is 11.5 Å². The lowest BCUT2D eigenvalue weighted by atomic mass is 10.1. The maximum atomic E-state index is 12.2. The summed E-state index contributed by atoms with van der Waals surface area (Å²) in [5.74, 6) is -0.191. The first-order chi connectivity index (χ1) is 12.0. The molecule has 0 saturated heterocycles. The van der Waals surface area contributed by atoms with Crippen LogP contribution >= 0.6 is 31.9 Å². The molecule has 4 N–H and O–H groups in total. The van der Waals surface area contributed by atoms with E-state index in [1.165, 1.54) is 7.11 Å². The SMILES string of the molecule is COc1c(Br)cc(C/C(=N/O)C(=O)NCCc2cnc[nH]2)c(O)c1Br. The molecule has 0 aliphatic heterocycles. The van der Waals surface area contributed by atoms with Crippen LogP contribution in [0, 0.1) is 0 Å². The molecule has 0 atom stereocenters. The molecular formula is C15H16Br2N4O4. The van der Waals surface area contributed by atoms with E-state index in [4.69, 9.17) is 9.94 Å². The number of carbonyl (C=O) groups is 1. The number of rotatable bonds is 7. The number of aromatic amines is 1. The topological polar surface area (TPSA) is 120 Å². The van der Waals surface area contributed by atoms with Crippen molar-refractivity contribution in [2.24, 2.45) is 5.16 Å². The summed E-state index contributed by atoms with van der Waals surface area (Å²) in [4.78, 5) is 19.0. The highest BCUT2D eigenvalue weighted by atomic mass is 79.9. The molecule has 1 amide bonds. The number of methoxy groups -OCH3 is 1. The van der Waals surface area contributed by atoms with E-state index in [9.17, 15) is 9.90 Å². The van der Waals surface area contributed by atoms with Gasteiger partial charge in [-0.15, -0.1) is 0 Å². The molecule has 10 heteroatoms. The Balaban J connectivity index is 2.05. The van der Waals surface area contributed by atoms with Crippen LogP contribution in [-0.4, -0.2) is 45.6 Å². The summed E-state index contributed by atoms with van der Waals surface area (Å²) < 4.78 is 6.09. The molecule has 0 aliphatic rings. The highest BCUT2D eigenvalue weighted by Crippen LogP contribution is 2.42. The number of amides is 1. The number of phenolic OH excluding ortho intramolecular Hbond substituents is 1. The number of halogens is 2. The number of hydrogen-bond donors (Lipinski definition) is 4. The summed E-state index contributed by atoms with van der Waals surface area (Å²) in [5.41, 5.74) is 1.16. The highest BCUT2D eigenvalue weighted by molar-refractivity contribution is 9.11. The van der Waals surface area contributed by atoms with Crippen LogP contribution in [0.3, 0.4) is 0 Å². The van der Waals surface area contributed by atoms with Crippen LogP contribution in [0.5, 0.6) is 11.5 Å². The van der Waals surface area contributed by atoms with Gasteiger partial charge in [-0.2, -0.15) is 0 Å². The smallest absolute Gasteiger partial charge is 0.269 e. The van der Waals surface area contributed by atoms with E-state index < -0.39 is 5.91 Å². The molecule has 8 nitrogen and oxygen atoms in total. The van der Waals surface area contributed by atoms with E-state index in [0.717, 1.165) is 5.69 Å². The number of carbonyl (C=O) groups excluding carboxylic acids is 1. The van der Waals surface area contributed by atoms with Gasteiger partial charge < -0.3 is 25.4 Å². The lowest BCUT2D eigenvalue weighted by molar-refractivity contribution is -0.115. The molecule has 1 heterocycles. The molecule has 25 heavy (non-hydrogen) atoms. The Bertz CT molecular complexity index is 778. The molecule has 0 unspecified atom stereocenters. The van der Waals surface area contributed by atoms with Gasteiger partial charge in [-0.25, -0.2) is 4.98 Å². The van der Waals surface area contributed by atoms with Crippen LogP contribution in [0.15, 0.2) is 32.7 Å². The molecule has 0 fully saturated rings. The van der Waals surface area contributed by atoms with Gasteiger partial charge in [0.25, 0.3) is 5.91 Å². The zero-order chi connectivity index (χ0) is 18.4. The summed E-state index contributed by atoms with van der Waals surface area (Å²) >= 11 is 6.56. The minimum atomic E-state index is -0.524. The van der Waals surface area contributed by atoms with Gasteiger partial charge in [0, 0.05) is 36.8 Å². The molecule has 0 saturated carbocycles. The van der Waals surface area contributed by atoms with Gasteiger partial charge >= 0.3 is 0 Å². The molecule has 0 bridgehead atoms. The van der Waals surface area contributed by atoms with Crippen molar-refractivity contribution in [3.63, 3.8) is 0 Å². The molecule has 1 aromatic heterocycles. The number of hydrogen-bond acceptors (Lipinski definition) is 6. The molecule has 0 aliphatic carbocycles. The minimum Gasteiger partial charge on any atom is -0.506 e. The van der Waals surface area contributed by atoms with Gasteiger partial charge in [0.05, 0.1) is 17.9 Å². The third-order valence-electron chi connectivity index (χ3n) is 3.41. The minimum absolute atomic E-state index is 0.0561. The third kappa shape index (κ3) is 4.73. The number of ether oxygens (including phenoxy) is 1. The summed E-state index contributed by atoms with van der Waals surface area (Å²) in [5, 5.41) is 25.1. The fourth-order valence-corrected chi connectivity index (χ4v) is 3.67. The van der Waals surface area contributed by atoms with Crippen LogP contribution in [0.4, 0.5) is 0 Å². The quantitative estimate of drug-likeness (QED) is 0.278. The Hall–Kier alpha value is -2.07. The molecule has 2 aromatic rings. The first kappa shape index (κ1) is 19.3. The van der Waals surface area contributed by atoms with E-state index in [1.54, 1.807) is 18.6 Å². The van der Waals surface area contributed by atoms with Crippen molar-refractivity contribution in [3.05, 3.63) is 38.8 Å². The van der Waals surface area contributed by atoms with Crippen molar-refractivity contribution in [2.45, 2.75) is 12.8 Å². The molecule has 134 valence electrons. The van der Waals surface area contributed by atoms with Crippen molar-refractivity contribution in [2.75, 3.05) is 13.7 Å². The van der Waals surface area contributed by atoms with E-state index in [-0.39, 0.29) is 17.9 Å². The van der Waals surface area contributed by atoms with E-state index in [0.29, 0.717) is 33.2 Å². The zero-order valence-corrected chi connectivity index (χ0v) is 16.4. The Labute approximate surface area is 160 Å². The van der Waals surface area contributed by atoms with Crippen LogP contribution in [0.1, 0.15) is 11.3 Å². The normalized spacial score (nSPS) is 11.4. The zero-order valence-electron chi connectivity index (χ0n) is 13.2. The first-order valence-corrected chi connectivity index (χ1v) is 8.76. The Morgan fingerprint density at radius 2 is 2.24 bits per heavy atom. The second-order valence-electron chi connectivity index (χ2n) is 5.02. The standard InChI is InChI=1S/C15H16Br2N4O4/c1-25-14-10(16)4-8(13(22)12(14)17)5-11(21-24)15(23)19-3-2-9-6-18-7-20-9/h4,6-7,22,24H,2-3,5H2,1H3,(H,18,20)(H,19,23)/b21-11-. The number of benzene rings is 1. The average molecular weight is 476 g/mol. The number of nitrogens with one attached hydrogen (secondary N) is 2. The lowest BCUT2D eigenvalue weighted by Gasteiger charge is -2.13. The van der Waals surface area contributed by atoms with Crippen molar-refractivity contribution in [1.29, 1.82) is 0 Å². The van der Waals surface area contributed by atoms with E-state index in [1.807, 2.05) is 0 Å². The molecule has 0 spiro atoms.